The van der Waals surface area contributed by atoms with Crippen LogP contribution >= 0.6 is 23.2 Å². The number of nitrogens with one attached hydrogen (secondary N) is 2. The minimum Gasteiger partial charge on any atom is -0.314 e. The molecule has 3 nitrogen and oxygen atoms in total. The lowest BCUT2D eigenvalue weighted by molar-refractivity contribution is 0.547. The van der Waals surface area contributed by atoms with Gasteiger partial charge in [-0.25, -0.2) is 5.43 Å². The molecule has 2 atom stereocenters. The van der Waals surface area contributed by atoms with E-state index in [9.17, 15) is 0 Å². The van der Waals surface area contributed by atoms with Gasteiger partial charge in [-0.3, -0.25) is 5.43 Å². The summed E-state index contributed by atoms with van der Waals surface area (Å²) in [6.45, 7) is 0.741. The zero-order valence-electron chi connectivity index (χ0n) is 7.43. The average molecular weight is 232 g/mol. The van der Waals surface area contributed by atoms with Gasteiger partial charge in [0.1, 0.15) is 0 Å². The van der Waals surface area contributed by atoms with E-state index in [1.54, 1.807) is 0 Å². The molecule has 2 rings (SSSR count). The number of hydrogen-bond donors (Lipinski definition) is 3. The minimum atomic E-state index is -0.146. The van der Waals surface area contributed by atoms with Crippen LogP contribution in [0.25, 0.3) is 0 Å². The van der Waals surface area contributed by atoms with Crippen LogP contribution in [0.1, 0.15) is 11.5 Å². The van der Waals surface area contributed by atoms with Crippen molar-refractivity contribution in [3.8, 4) is 0 Å². The summed E-state index contributed by atoms with van der Waals surface area (Å²) in [5.41, 5.74) is 12.7. The van der Waals surface area contributed by atoms with Crippen LogP contribution < -0.4 is 16.6 Å². The Morgan fingerprint density at radius 1 is 1.29 bits per heavy atom. The number of benzene rings is 1. The van der Waals surface area contributed by atoms with Crippen LogP contribution in [0.2, 0.25) is 10.0 Å². The molecule has 2 unspecified atom stereocenters. The first-order chi connectivity index (χ1) is 6.70. The van der Waals surface area contributed by atoms with Crippen LogP contribution in [-0.2, 0) is 0 Å². The molecule has 0 bridgehead atoms. The van der Waals surface area contributed by atoms with Gasteiger partial charge in [-0.15, -0.1) is 0 Å². The van der Waals surface area contributed by atoms with Gasteiger partial charge in [0.05, 0.1) is 6.17 Å². The molecular formula is C9H11Cl2N3. The smallest absolute Gasteiger partial charge is 0.0762 e. The van der Waals surface area contributed by atoms with E-state index in [-0.39, 0.29) is 12.1 Å². The van der Waals surface area contributed by atoms with Gasteiger partial charge in [-0.05, 0) is 17.7 Å². The first-order valence-electron chi connectivity index (χ1n) is 4.38. The number of hydrazine groups is 1. The Balaban J connectivity index is 2.39. The molecule has 0 aromatic heterocycles. The van der Waals surface area contributed by atoms with E-state index in [2.05, 4.69) is 10.9 Å². The summed E-state index contributed by atoms with van der Waals surface area (Å²) in [5, 5.41) is 1.34. The Labute approximate surface area is 92.5 Å². The molecule has 0 spiro atoms. The van der Waals surface area contributed by atoms with Gasteiger partial charge in [0, 0.05) is 22.5 Å². The number of nitrogens with two attached hydrogens (primary N) is 1. The second-order valence-electron chi connectivity index (χ2n) is 3.29. The number of rotatable bonds is 1. The van der Waals surface area contributed by atoms with E-state index in [0.29, 0.717) is 10.0 Å². The molecule has 1 aromatic carbocycles. The molecule has 1 saturated heterocycles. The summed E-state index contributed by atoms with van der Waals surface area (Å²) in [7, 11) is 0. The third kappa shape index (κ3) is 1.74. The van der Waals surface area contributed by atoms with Gasteiger partial charge in [0.15, 0.2) is 0 Å². The number of halogens is 2. The highest BCUT2D eigenvalue weighted by atomic mass is 35.5. The molecular weight excluding hydrogens is 221 g/mol. The Kier molecular flexibility index (Phi) is 2.95. The standard InChI is InChI=1S/C9H11Cl2N3/c10-6-2-1-3-7(11)8(6)5-4-13-14-9(5)12/h1-3,5,9,13-14H,4,12H2. The molecule has 76 valence electrons. The fraction of sp³-hybridized carbons (Fsp3) is 0.333. The van der Waals surface area contributed by atoms with Crippen molar-refractivity contribution in [2.24, 2.45) is 5.73 Å². The Morgan fingerprint density at radius 3 is 2.43 bits per heavy atom. The van der Waals surface area contributed by atoms with Crippen molar-refractivity contribution in [2.75, 3.05) is 6.54 Å². The van der Waals surface area contributed by atoms with Crippen molar-refractivity contribution in [3.63, 3.8) is 0 Å². The van der Waals surface area contributed by atoms with E-state index in [0.717, 1.165) is 12.1 Å². The maximum Gasteiger partial charge on any atom is 0.0762 e. The first kappa shape index (κ1) is 10.2. The van der Waals surface area contributed by atoms with E-state index >= 15 is 0 Å². The molecule has 14 heavy (non-hydrogen) atoms. The SMILES string of the molecule is NC1NNCC1c1c(Cl)cccc1Cl. The van der Waals surface area contributed by atoms with Crippen LogP contribution in [-0.4, -0.2) is 12.7 Å². The third-order valence-corrected chi connectivity index (χ3v) is 3.05. The fourth-order valence-corrected chi connectivity index (χ4v) is 2.34. The van der Waals surface area contributed by atoms with Crippen LogP contribution in [0.15, 0.2) is 18.2 Å². The first-order valence-corrected chi connectivity index (χ1v) is 5.13. The highest BCUT2D eigenvalue weighted by molar-refractivity contribution is 6.36. The van der Waals surface area contributed by atoms with E-state index in [1.807, 2.05) is 18.2 Å². The van der Waals surface area contributed by atoms with E-state index in [4.69, 9.17) is 28.9 Å². The Hall–Kier alpha value is -0.320. The molecule has 1 fully saturated rings. The second kappa shape index (κ2) is 4.04. The van der Waals surface area contributed by atoms with Gasteiger partial charge in [0.25, 0.3) is 0 Å². The van der Waals surface area contributed by atoms with Crippen molar-refractivity contribution in [2.45, 2.75) is 12.1 Å². The minimum absolute atomic E-state index is 0.121. The fourth-order valence-electron chi connectivity index (χ4n) is 1.66. The molecule has 1 aliphatic heterocycles. The largest absolute Gasteiger partial charge is 0.314 e. The van der Waals surface area contributed by atoms with Gasteiger partial charge in [-0.1, -0.05) is 29.3 Å². The average Bonchev–Trinajstić information content (AvgIpc) is 2.52. The third-order valence-electron chi connectivity index (χ3n) is 2.39. The Morgan fingerprint density at radius 2 is 1.93 bits per heavy atom. The molecule has 0 saturated carbocycles. The van der Waals surface area contributed by atoms with Crippen LogP contribution in [0.5, 0.6) is 0 Å². The van der Waals surface area contributed by atoms with Crippen molar-refractivity contribution < 1.29 is 0 Å². The predicted octanol–water partition coefficient (Wildman–Crippen LogP) is 1.47. The van der Waals surface area contributed by atoms with E-state index in [1.165, 1.54) is 0 Å². The second-order valence-corrected chi connectivity index (χ2v) is 4.11. The van der Waals surface area contributed by atoms with Gasteiger partial charge < -0.3 is 5.73 Å². The quantitative estimate of drug-likeness (QED) is 0.687. The summed E-state index contributed by atoms with van der Waals surface area (Å²) in [6.07, 6.45) is -0.146. The van der Waals surface area contributed by atoms with Gasteiger partial charge >= 0.3 is 0 Å². The highest BCUT2D eigenvalue weighted by Crippen LogP contribution is 2.33. The monoisotopic (exact) mass is 231 g/mol. The summed E-state index contributed by atoms with van der Waals surface area (Å²) >= 11 is 12.2. The highest BCUT2D eigenvalue weighted by Gasteiger charge is 2.28. The molecule has 1 heterocycles. The predicted molar refractivity (Wildman–Crippen MR) is 58.3 cm³/mol. The zero-order valence-corrected chi connectivity index (χ0v) is 8.94. The topological polar surface area (TPSA) is 50.1 Å². The lowest BCUT2D eigenvalue weighted by Gasteiger charge is -2.16. The summed E-state index contributed by atoms with van der Waals surface area (Å²) < 4.78 is 0. The van der Waals surface area contributed by atoms with Crippen molar-refractivity contribution in [3.05, 3.63) is 33.8 Å². The molecule has 0 radical (unpaired) electrons. The lowest BCUT2D eigenvalue weighted by atomic mass is 9.98. The summed E-state index contributed by atoms with van der Waals surface area (Å²) in [5.74, 6) is 0.121. The molecule has 1 aromatic rings. The zero-order chi connectivity index (χ0) is 10.1. The normalized spacial score (nSPS) is 26.8. The maximum absolute atomic E-state index is 6.08. The van der Waals surface area contributed by atoms with E-state index < -0.39 is 0 Å². The van der Waals surface area contributed by atoms with Crippen LogP contribution in [0.3, 0.4) is 0 Å². The van der Waals surface area contributed by atoms with Gasteiger partial charge in [-0.2, -0.15) is 0 Å². The molecule has 1 aliphatic rings. The van der Waals surface area contributed by atoms with Crippen molar-refractivity contribution in [1.29, 1.82) is 0 Å². The molecule has 0 amide bonds. The lowest BCUT2D eigenvalue weighted by Crippen LogP contribution is -2.38. The number of hydrogen-bond acceptors (Lipinski definition) is 3. The van der Waals surface area contributed by atoms with Gasteiger partial charge in [0.2, 0.25) is 0 Å². The van der Waals surface area contributed by atoms with Crippen molar-refractivity contribution >= 4 is 23.2 Å². The summed E-state index contributed by atoms with van der Waals surface area (Å²) in [4.78, 5) is 0. The molecule has 0 aliphatic carbocycles. The molecule has 4 N–H and O–H groups in total. The maximum atomic E-state index is 6.08. The molecule has 5 heteroatoms. The van der Waals surface area contributed by atoms with Crippen LogP contribution in [0.4, 0.5) is 0 Å². The van der Waals surface area contributed by atoms with Crippen LogP contribution in [0, 0.1) is 0 Å². The summed E-state index contributed by atoms with van der Waals surface area (Å²) in [6, 6.07) is 5.48. The Bertz CT molecular complexity index is 323. The van der Waals surface area contributed by atoms with Crippen molar-refractivity contribution in [1.82, 2.24) is 10.9 Å².